The summed E-state index contributed by atoms with van der Waals surface area (Å²) in [6.45, 7) is 3.09. The molecule has 0 fully saturated rings. The number of aromatic nitrogens is 2. The number of carbonyl (C=O) groups is 1. The average Bonchev–Trinajstić information content (AvgIpc) is 3.09. The lowest BCUT2D eigenvalue weighted by atomic mass is 10.2. The maximum atomic E-state index is 10.7. The van der Waals surface area contributed by atoms with Gasteiger partial charge < -0.3 is 9.84 Å². The van der Waals surface area contributed by atoms with Crippen LogP contribution in [0, 0.1) is 6.92 Å². The smallest absolute Gasteiger partial charge is 0.341 e. The van der Waals surface area contributed by atoms with Crippen LogP contribution in [0.1, 0.15) is 16.7 Å². The van der Waals surface area contributed by atoms with E-state index in [1.807, 2.05) is 60.5 Å². The highest BCUT2D eigenvalue weighted by atomic mass is 16.5. The van der Waals surface area contributed by atoms with Crippen molar-refractivity contribution in [3.63, 3.8) is 0 Å². The van der Waals surface area contributed by atoms with Gasteiger partial charge in [0.25, 0.3) is 0 Å². The monoisotopic (exact) mass is 365 g/mol. The van der Waals surface area contributed by atoms with E-state index >= 15 is 0 Å². The summed E-state index contributed by atoms with van der Waals surface area (Å²) in [6, 6.07) is 15.6. The summed E-state index contributed by atoms with van der Waals surface area (Å²) < 4.78 is 7.27. The second-order valence-corrected chi connectivity index (χ2v) is 6.54. The van der Waals surface area contributed by atoms with Crippen molar-refractivity contribution in [1.82, 2.24) is 14.7 Å². The van der Waals surface area contributed by atoms with E-state index in [4.69, 9.17) is 9.84 Å². The predicted octanol–water partition coefficient (Wildman–Crippen LogP) is 3.28. The molecular formula is C21H23N3O3. The van der Waals surface area contributed by atoms with Crippen LogP contribution in [0.15, 0.2) is 60.9 Å². The van der Waals surface area contributed by atoms with Crippen LogP contribution < -0.4 is 4.74 Å². The maximum absolute atomic E-state index is 10.7. The van der Waals surface area contributed by atoms with E-state index in [1.165, 1.54) is 5.56 Å². The number of rotatable bonds is 8. The first-order valence-corrected chi connectivity index (χ1v) is 8.73. The highest BCUT2D eigenvalue weighted by Gasteiger charge is 2.10. The number of hydrogen-bond donors (Lipinski definition) is 1. The van der Waals surface area contributed by atoms with Crippen molar-refractivity contribution in [1.29, 1.82) is 0 Å². The lowest BCUT2D eigenvalue weighted by Crippen LogP contribution is -2.18. The maximum Gasteiger partial charge on any atom is 0.341 e. The number of para-hydroxylation sites is 2. The molecule has 1 heterocycles. The van der Waals surface area contributed by atoms with Gasteiger partial charge in [-0.25, -0.2) is 9.48 Å². The van der Waals surface area contributed by atoms with Gasteiger partial charge in [0.05, 0.1) is 11.9 Å². The highest BCUT2D eigenvalue weighted by Crippen LogP contribution is 2.20. The van der Waals surface area contributed by atoms with E-state index < -0.39 is 5.97 Å². The van der Waals surface area contributed by atoms with Crippen molar-refractivity contribution in [2.75, 3.05) is 13.7 Å². The number of benzene rings is 2. The minimum absolute atomic E-state index is 0.343. The number of carboxylic acids is 1. The van der Waals surface area contributed by atoms with Crippen LogP contribution in [0.2, 0.25) is 0 Å². The molecule has 0 aliphatic heterocycles. The number of aliphatic carboxylic acids is 1. The van der Waals surface area contributed by atoms with Gasteiger partial charge in [-0.05, 0) is 31.7 Å². The molecule has 140 valence electrons. The molecule has 0 amide bonds. The fraction of sp³-hybridized carbons (Fsp3) is 0.238. The zero-order chi connectivity index (χ0) is 19.2. The summed E-state index contributed by atoms with van der Waals surface area (Å²) in [7, 11) is 2.01. The lowest BCUT2D eigenvalue weighted by molar-refractivity contribution is -0.139. The molecule has 1 aromatic heterocycles. The van der Waals surface area contributed by atoms with Crippen LogP contribution in [0.5, 0.6) is 5.75 Å². The Morgan fingerprint density at radius 3 is 2.67 bits per heavy atom. The van der Waals surface area contributed by atoms with Crippen molar-refractivity contribution in [2.24, 2.45) is 0 Å². The molecule has 0 unspecified atom stereocenters. The highest BCUT2D eigenvalue weighted by molar-refractivity contribution is 5.68. The van der Waals surface area contributed by atoms with Crippen LogP contribution in [-0.4, -0.2) is 39.4 Å². The largest absolute Gasteiger partial charge is 0.482 e. The minimum Gasteiger partial charge on any atom is -0.482 e. The molecular weight excluding hydrogens is 342 g/mol. The fourth-order valence-electron chi connectivity index (χ4n) is 2.97. The molecule has 3 rings (SSSR count). The van der Waals surface area contributed by atoms with Gasteiger partial charge in [-0.15, -0.1) is 0 Å². The molecule has 2 aromatic carbocycles. The van der Waals surface area contributed by atoms with E-state index in [1.54, 1.807) is 6.07 Å². The molecule has 6 nitrogen and oxygen atoms in total. The molecule has 0 bridgehead atoms. The normalized spacial score (nSPS) is 10.9. The Morgan fingerprint density at radius 1 is 1.15 bits per heavy atom. The first-order chi connectivity index (χ1) is 13.0. The first kappa shape index (κ1) is 18.7. The van der Waals surface area contributed by atoms with Crippen molar-refractivity contribution in [3.05, 3.63) is 77.6 Å². The Morgan fingerprint density at radius 2 is 1.89 bits per heavy atom. The van der Waals surface area contributed by atoms with Gasteiger partial charge in [0, 0.05) is 30.4 Å². The van der Waals surface area contributed by atoms with E-state index in [2.05, 4.69) is 23.0 Å². The summed E-state index contributed by atoms with van der Waals surface area (Å²) in [5.41, 5.74) is 4.29. The van der Waals surface area contributed by atoms with E-state index in [0.717, 1.165) is 23.4 Å². The molecule has 1 N–H and O–H groups in total. The predicted molar refractivity (Wildman–Crippen MR) is 103 cm³/mol. The molecule has 27 heavy (non-hydrogen) atoms. The van der Waals surface area contributed by atoms with Crippen LogP contribution in [0.3, 0.4) is 0 Å². The summed E-state index contributed by atoms with van der Waals surface area (Å²) in [6.07, 6.45) is 3.90. The van der Waals surface area contributed by atoms with Crippen LogP contribution in [-0.2, 0) is 17.9 Å². The quantitative estimate of drug-likeness (QED) is 0.664. The molecule has 0 aliphatic rings. The molecule has 0 spiro atoms. The van der Waals surface area contributed by atoms with E-state index in [9.17, 15) is 4.79 Å². The van der Waals surface area contributed by atoms with Gasteiger partial charge in [-0.2, -0.15) is 5.10 Å². The second kappa shape index (κ2) is 8.51. The summed E-state index contributed by atoms with van der Waals surface area (Å²) in [4.78, 5) is 12.9. The van der Waals surface area contributed by atoms with E-state index in [-0.39, 0.29) is 6.61 Å². The molecule has 0 saturated carbocycles. The van der Waals surface area contributed by atoms with Gasteiger partial charge in [-0.1, -0.05) is 36.4 Å². The zero-order valence-electron chi connectivity index (χ0n) is 15.5. The SMILES string of the molecule is Cc1ccccc1-n1cc(CN(C)Cc2ccccc2OCC(=O)O)cn1. The number of aryl methyl sites for hydroxylation is 1. The molecule has 0 atom stereocenters. The van der Waals surface area contributed by atoms with Crippen LogP contribution in [0.4, 0.5) is 0 Å². The molecule has 0 saturated heterocycles. The number of carboxylic acid groups (broad SMARTS) is 1. The third-order valence-corrected chi connectivity index (χ3v) is 4.21. The Kier molecular flexibility index (Phi) is 5.88. The Labute approximate surface area is 158 Å². The first-order valence-electron chi connectivity index (χ1n) is 8.73. The topological polar surface area (TPSA) is 67.6 Å². The standard InChI is InChI=1S/C21H23N3O3/c1-16-7-3-5-9-19(16)24-13-17(11-22-24)12-23(2)14-18-8-4-6-10-20(18)27-15-21(25)26/h3-11,13H,12,14-15H2,1-2H3,(H,25,26). The van der Waals surface area contributed by atoms with Gasteiger partial charge in [0.1, 0.15) is 5.75 Å². The van der Waals surface area contributed by atoms with E-state index in [0.29, 0.717) is 12.3 Å². The minimum atomic E-state index is -0.984. The van der Waals surface area contributed by atoms with Crippen molar-refractivity contribution >= 4 is 5.97 Å². The molecule has 3 aromatic rings. The zero-order valence-corrected chi connectivity index (χ0v) is 15.5. The third-order valence-electron chi connectivity index (χ3n) is 4.21. The number of ether oxygens (including phenoxy) is 1. The van der Waals surface area contributed by atoms with Crippen LogP contribution in [0.25, 0.3) is 5.69 Å². The number of nitrogens with zero attached hydrogens (tertiary/aromatic N) is 3. The van der Waals surface area contributed by atoms with Gasteiger partial charge >= 0.3 is 5.97 Å². The molecule has 0 aliphatic carbocycles. The Balaban J connectivity index is 1.66. The van der Waals surface area contributed by atoms with Crippen molar-refractivity contribution < 1.29 is 14.6 Å². The van der Waals surface area contributed by atoms with Gasteiger partial charge in [0.15, 0.2) is 6.61 Å². The molecule has 0 radical (unpaired) electrons. The summed E-state index contributed by atoms with van der Waals surface area (Å²) in [5.74, 6) is -0.385. The van der Waals surface area contributed by atoms with Crippen LogP contribution >= 0.6 is 0 Å². The van der Waals surface area contributed by atoms with Crippen molar-refractivity contribution in [3.8, 4) is 11.4 Å². The summed E-state index contributed by atoms with van der Waals surface area (Å²) >= 11 is 0. The Bertz CT molecular complexity index is 920. The summed E-state index contributed by atoms with van der Waals surface area (Å²) in [5, 5.41) is 13.3. The van der Waals surface area contributed by atoms with Gasteiger partial charge in [0.2, 0.25) is 0 Å². The average molecular weight is 365 g/mol. The molecule has 6 heteroatoms. The van der Waals surface area contributed by atoms with Gasteiger partial charge in [-0.3, -0.25) is 4.90 Å². The number of hydrogen-bond acceptors (Lipinski definition) is 4. The fourth-order valence-corrected chi connectivity index (χ4v) is 2.97. The Hall–Kier alpha value is -3.12. The van der Waals surface area contributed by atoms with Crippen molar-refractivity contribution in [2.45, 2.75) is 20.0 Å². The lowest BCUT2D eigenvalue weighted by Gasteiger charge is -2.18. The third kappa shape index (κ3) is 4.95. The second-order valence-electron chi connectivity index (χ2n) is 6.54.